The van der Waals surface area contributed by atoms with Crippen molar-refractivity contribution in [3.63, 3.8) is 0 Å². The third-order valence-corrected chi connectivity index (χ3v) is 5.10. The Morgan fingerprint density at radius 2 is 1.97 bits per heavy atom. The minimum absolute atomic E-state index is 0.00256. The molecular weight excluding hydrogens is 366 g/mol. The highest BCUT2D eigenvalue weighted by molar-refractivity contribution is 5.83. The van der Waals surface area contributed by atoms with E-state index >= 15 is 0 Å². The number of anilines is 1. The molecule has 1 aliphatic rings. The number of benzene rings is 1. The molecule has 1 aliphatic carbocycles. The largest absolute Gasteiger partial charge is 0.348 e. The molecule has 1 aromatic heterocycles. The molecule has 29 heavy (non-hydrogen) atoms. The Balaban J connectivity index is 1.78. The van der Waals surface area contributed by atoms with E-state index in [0.29, 0.717) is 5.95 Å². The summed E-state index contributed by atoms with van der Waals surface area (Å²) in [4.78, 5) is 34.7. The van der Waals surface area contributed by atoms with Crippen molar-refractivity contribution in [2.24, 2.45) is 5.41 Å². The molecule has 7 heteroatoms. The Morgan fingerprint density at radius 3 is 2.66 bits per heavy atom. The van der Waals surface area contributed by atoms with Crippen LogP contribution in [0, 0.1) is 5.41 Å². The van der Waals surface area contributed by atoms with E-state index in [1.807, 2.05) is 36.3 Å². The second-order valence-corrected chi connectivity index (χ2v) is 8.49. The first-order valence-corrected chi connectivity index (χ1v) is 9.88. The minimum Gasteiger partial charge on any atom is -0.348 e. The van der Waals surface area contributed by atoms with Crippen molar-refractivity contribution in [2.75, 3.05) is 18.5 Å². The Morgan fingerprint density at radius 1 is 1.24 bits per heavy atom. The van der Waals surface area contributed by atoms with E-state index in [2.05, 4.69) is 41.6 Å². The maximum Gasteiger partial charge on any atom is 0.239 e. The monoisotopic (exact) mass is 395 g/mol. The molecule has 154 valence electrons. The lowest BCUT2D eigenvalue weighted by atomic mass is 9.74. The first kappa shape index (κ1) is 20.8. The number of fused-ring (bicyclic) bond motifs is 1. The van der Waals surface area contributed by atoms with E-state index < -0.39 is 0 Å². The number of amides is 2. The van der Waals surface area contributed by atoms with E-state index in [1.165, 1.54) is 12.5 Å². The van der Waals surface area contributed by atoms with E-state index in [1.54, 1.807) is 0 Å². The maximum absolute atomic E-state index is 12.2. The van der Waals surface area contributed by atoms with Crippen LogP contribution in [0.5, 0.6) is 0 Å². The second kappa shape index (κ2) is 8.59. The van der Waals surface area contributed by atoms with Gasteiger partial charge < -0.3 is 15.5 Å². The zero-order chi connectivity index (χ0) is 21.0. The van der Waals surface area contributed by atoms with E-state index in [9.17, 15) is 9.59 Å². The number of hydrogen-bond donors (Lipinski definition) is 2. The molecular formula is C22H29N5O2. The van der Waals surface area contributed by atoms with Crippen molar-refractivity contribution in [1.29, 1.82) is 0 Å². The van der Waals surface area contributed by atoms with Gasteiger partial charge in [-0.25, -0.2) is 9.97 Å². The molecule has 1 heterocycles. The fraction of sp³-hybridized carbons (Fsp3) is 0.455. The van der Waals surface area contributed by atoms with E-state index in [4.69, 9.17) is 4.98 Å². The summed E-state index contributed by atoms with van der Waals surface area (Å²) in [5, 5.41) is 5.57. The highest BCUT2D eigenvalue weighted by Crippen LogP contribution is 2.40. The van der Waals surface area contributed by atoms with Gasteiger partial charge in [0, 0.05) is 32.3 Å². The predicted molar refractivity (Wildman–Crippen MR) is 112 cm³/mol. The topological polar surface area (TPSA) is 87.2 Å². The molecule has 0 bridgehead atoms. The number of carbonyl (C=O) groups is 2. The van der Waals surface area contributed by atoms with Crippen LogP contribution in [-0.4, -0.2) is 35.4 Å². The number of hydrogen-bond acceptors (Lipinski definition) is 5. The Kier molecular flexibility index (Phi) is 6.15. The van der Waals surface area contributed by atoms with Crippen LogP contribution >= 0.6 is 0 Å². The Hall–Kier alpha value is -2.96. The second-order valence-electron chi connectivity index (χ2n) is 8.49. The van der Waals surface area contributed by atoms with Crippen LogP contribution in [0.15, 0.2) is 36.5 Å². The van der Waals surface area contributed by atoms with Crippen LogP contribution in [0.4, 0.5) is 5.95 Å². The molecule has 0 saturated heterocycles. The normalized spacial score (nSPS) is 17.2. The third kappa shape index (κ3) is 5.53. The van der Waals surface area contributed by atoms with Crippen LogP contribution in [0.1, 0.15) is 50.1 Å². The molecule has 0 radical (unpaired) electrons. The molecule has 0 spiro atoms. The van der Waals surface area contributed by atoms with Gasteiger partial charge in [-0.1, -0.05) is 44.2 Å². The zero-order valence-electron chi connectivity index (χ0n) is 17.5. The lowest BCUT2D eigenvalue weighted by Gasteiger charge is -2.36. The zero-order valence-corrected chi connectivity index (χ0v) is 17.5. The average Bonchev–Trinajstić information content (AvgIpc) is 2.65. The van der Waals surface area contributed by atoms with Gasteiger partial charge in [-0.2, -0.15) is 0 Å². The summed E-state index contributed by atoms with van der Waals surface area (Å²) in [6.45, 7) is 6.45. The van der Waals surface area contributed by atoms with Gasteiger partial charge >= 0.3 is 0 Å². The van der Waals surface area contributed by atoms with Gasteiger partial charge in [-0.05, 0) is 23.8 Å². The molecule has 0 unspecified atom stereocenters. The van der Waals surface area contributed by atoms with Gasteiger partial charge in [0.2, 0.25) is 17.8 Å². The maximum atomic E-state index is 12.2. The highest BCUT2D eigenvalue weighted by atomic mass is 16.2. The summed E-state index contributed by atoms with van der Waals surface area (Å²) in [5.74, 6) is 0.242. The molecule has 0 fully saturated rings. The van der Waals surface area contributed by atoms with Crippen LogP contribution in [0.25, 0.3) is 0 Å². The number of nitrogens with zero attached hydrogens (tertiary/aromatic N) is 3. The molecule has 3 rings (SSSR count). The molecule has 1 aromatic carbocycles. The molecule has 0 aliphatic heterocycles. The number of aromatic nitrogens is 2. The summed E-state index contributed by atoms with van der Waals surface area (Å²) < 4.78 is 0. The Bertz CT molecular complexity index is 882. The van der Waals surface area contributed by atoms with Gasteiger partial charge in [0.1, 0.15) is 0 Å². The van der Waals surface area contributed by atoms with Gasteiger partial charge in [-0.3, -0.25) is 9.59 Å². The van der Waals surface area contributed by atoms with Crippen LogP contribution in [0.3, 0.4) is 0 Å². The quantitative estimate of drug-likeness (QED) is 0.784. The molecule has 1 atom stereocenters. The predicted octanol–water partition coefficient (Wildman–Crippen LogP) is 2.38. The van der Waals surface area contributed by atoms with Crippen LogP contribution < -0.4 is 15.5 Å². The number of rotatable bonds is 6. The van der Waals surface area contributed by atoms with Crippen molar-refractivity contribution in [2.45, 2.75) is 46.2 Å². The summed E-state index contributed by atoms with van der Waals surface area (Å²) >= 11 is 0. The summed E-state index contributed by atoms with van der Waals surface area (Å²) in [5.41, 5.74) is 3.12. The molecule has 0 saturated carbocycles. The lowest BCUT2D eigenvalue weighted by Crippen LogP contribution is -2.41. The molecule has 2 aromatic rings. The summed E-state index contributed by atoms with van der Waals surface area (Å²) in [6.07, 6.45) is 3.46. The standard InChI is InChI=1S/C22H29N5O2/c1-15(28)23-13-20(29)25-18-10-22(2,3)11-19-17(18)12-24-21(26-19)27(4)14-16-8-6-5-7-9-16/h5-9,12,18H,10-11,13-14H2,1-4H3,(H,23,28)(H,25,29)/t18-/m1/s1. The van der Waals surface area contributed by atoms with E-state index in [0.717, 1.165) is 30.6 Å². The summed E-state index contributed by atoms with van der Waals surface area (Å²) in [6, 6.07) is 10.0. The third-order valence-electron chi connectivity index (χ3n) is 5.10. The van der Waals surface area contributed by atoms with Crippen LogP contribution in [-0.2, 0) is 22.6 Å². The van der Waals surface area contributed by atoms with Crippen molar-refractivity contribution in [1.82, 2.24) is 20.6 Å². The van der Waals surface area contributed by atoms with Gasteiger partial charge in [0.15, 0.2) is 0 Å². The van der Waals surface area contributed by atoms with Crippen molar-refractivity contribution >= 4 is 17.8 Å². The SMILES string of the molecule is CC(=O)NCC(=O)N[C@@H]1CC(C)(C)Cc2nc(N(C)Cc3ccccc3)ncc21. The number of nitrogens with one attached hydrogen (secondary N) is 2. The smallest absolute Gasteiger partial charge is 0.239 e. The van der Waals surface area contributed by atoms with Crippen molar-refractivity contribution in [3.8, 4) is 0 Å². The van der Waals surface area contributed by atoms with Crippen LogP contribution in [0.2, 0.25) is 0 Å². The van der Waals surface area contributed by atoms with E-state index in [-0.39, 0.29) is 29.8 Å². The summed E-state index contributed by atoms with van der Waals surface area (Å²) in [7, 11) is 1.98. The van der Waals surface area contributed by atoms with Gasteiger partial charge in [-0.15, -0.1) is 0 Å². The van der Waals surface area contributed by atoms with Crippen molar-refractivity contribution < 1.29 is 9.59 Å². The Labute approximate surface area is 171 Å². The first-order valence-electron chi connectivity index (χ1n) is 9.88. The highest BCUT2D eigenvalue weighted by Gasteiger charge is 2.34. The van der Waals surface area contributed by atoms with Gasteiger partial charge in [0.25, 0.3) is 0 Å². The fourth-order valence-corrected chi connectivity index (χ4v) is 3.73. The van der Waals surface area contributed by atoms with Gasteiger partial charge in [0.05, 0.1) is 18.3 Å². The minimum atomic E-state index is -0.223. The van der Waals surface area contributed by atoms with Crippen molar-refractivity contribution in [3.05, 3.63) is 53.3 Å². The average molecular weight is 396 g/mol. The fourth-order valence-electron chi connectivity index (χ4n) is 3.73. The number of carbonyl (C=O) groups excluding carboxylic acids is 2. The molecule has 7 nitrogen and oxygen atoms in total. The lowest BCUT2D eigenvalue weighted by molar-refractivity contribution is -0.125. The first-order chi connectivity index (χ1) is 13.7. The molecule has 2 amide bonds. The molecule has 2 N–H and O–H groups in total.